The molecule has 21 heavy (non-hydrogen) atoms. The monoisotopic (exact) mass is 273 g/mol. The second-order valence-corrected chi connectivity index (χ2v) is 5.91. The van der Waals surface area contributed by atoms with Crippen molar-refractivity contribution in [2.45, 2.75) is 25.4 Å². The Hall–Kier alpha value is -2.12. The molecule has 4 rings (SSSR count). The SMILES string of the molecule is CC1NCc2c(ccc3ccccc23)C1c1ccccc1. The van der Waals surface area contributed by atoms with E-state index >= 15 is 0 Å². The number of fused-ring (bicyclic) bond motifs is 3. The highest BCUT2D eigenvalue weighted by Crippen LogP contribution is 2.37. The van der Waals surface area contributed by atoms with Gasteiger partial charge in [-0.1, -0.05) is 66.7 Å². The Kier molecular flexibility index (Phi) is 3.01. The molecule has 3 aromatic carbocycles. The van der Waals surface area contributed by atoms with Crippen molar-refractivity contribution in [3.63, 3.8) is 0 Å². The lowest BCUT2D eigenvalue weighted by Crippen LogP contribution is -2.37. The van der Waals surface area contributed by atoms with Gasteiger partial charge in [0.05, 0.1) is 0 Å². The van der Waals surface area contributed by atoms with Crippen LogP contribution in [0.25, 0.3) is 10.8 Å². The van der Waals surface area contributed by atoms with E-state index in [-0.39, 0.29) is 0 Å². The van der Waals surface area contributed by atoms with Gasteiger partial charge >= 0.3 is 0 Å². The minimum absolute atomic E-state index is 0.430. The Morgan fingerprint density at radius 1 is 0.857 bits per heavy atom. The number of hydrogen-bond donors (Lipinski definition) is 1. The zero-order valence-corrected chi connectivity index (χ0v) is 12.2. The van der Waals surface area contributed by atoms with Crippen molar-refractivity contribution >= 4 is 10.8 Å². The van der Waals surface area contributed by atoms with Gasteiger partial charge < -0.3 is 5.32 Å². The Morgan fingerprint density at radius 3 is 2.48 bits per heavy atom. The summed E-state index contributed by atoms with van der Waals surface area (Å²) in [6, 6.07) is 24.6. The minimum Gasteiger partial charge on any atom is -0.309 e. The molecule has 1 nitrogen and oxygen atoms in total. The largest absolute Gasteiger partial charge is 0.309 e. The first-order chi connectivity index (χ1) is 10.3. The molecular weight excluding hydrogens is 254 g/mol. The van der Waals surface area contributed by atoms with Crippen molar-refractivity contribution in [1.82, 2.24) is 5.32 Å². The van der Waals surface area contributed by atoms with Gasteiger partial charge in [-0.05, 0) is 34.4 Å². The van der Waals surface area contributed by atoms with Gasteiger partial charge in [0, 0.05) is 18.5 Å². The van der Waals surface area contributed by atoms with Gasteiger partial charge in [0.15, 0.2) is 0 Å². The smallest absolute Gasteiger partial charge is 0.0244 e. The predicted molar refractivity (Wildman–Crippen MR) is 88.5 cm³/mol. The third-order valence-corrected chi connectivity index (χ3v) is 4.67. The highest BCUT2D eigenvalue weighted by molar-refractivity contribution is 5.87. The van der Waals surface area contributed by atoms with Gasteiger partial charge in [-0.15, -0.1) is 0 Å². The van der Waals surface area contributed by atoms with Gasteiger partial charge in [0.2, 0.25) is 0 Å². The fraction of sp³-hybridized carbons (Fsp3) is 0.200. The molecule has 0 aliphatic carbocycles. The Morgan fingerprint density at radius 2 is 1.62 bits per heavy atom. The Labute approximate surface area is 125 Å². The average Bonchev–Trinajstić information content (AvgIpc) is 2.55. The van der Waals surface area contributed by atoms with Crippen molar-refractivity contribution in [2.75, 3.05) is 0 Å². The third kappa shape index (κ3) is 2.05. The zero-order valence-electron chi connectivity index (χ0n) is 12.2. The summed E-state index contributed by atoms with van der Waals surface area (Å²) in [5.41, 5.74) is 4.33. The maximum Gasteiger partial charge on any atom is 0.0244 e. The summed E-state index contributed by atoms with van der Waals surface area (Å²) in [5, 5.41) is 6.40. The van der Waals surface area contributed by atoms with Crippen LogP contribution in [0.4, 0.5) is 0 Å². The first-order valence-electron chi connectivity index (χ1n) is 7.63. The van der Waals surface area contributed by atoms with Crippen LogP contribution in [-0.4, -0.2) is 6.04 Å². The number of rotatable bonds is 1. The fourth-order valence-corrected chi connectivity index (χ4v) is 3.62. The van der Waals surface area contributed by atoms with Crippen molar-refractivity contribution in [2.24, 2.45) is 0 Å². The van der Waals surface area contributed by atoms with E-state index in [9.17, 15) is 0 Å². The molecule has 1 heteroatoms. The third-order valence-electron chi connectivity index (χ3n) is 4.67. The maximum absolute atomic E-state index is 3.68. The summed E-state index contributed by atoms with van der Waals surface area (Å²) >= 11 is 0. The van der Waals surface area contributed by atoms with Crippen molar-refractivity contribution in [3.8, 4) is 0 Å². The normalized spacial score (nSPS) is 21.2. The first kappa shape index (κ1) is 12.6. The average molecular weight is 273 g/mol. The van der Waals surface area contributed by atoms with Crippen LogP contribution < -0.4 is 5.32 Å². The van der Waals surface area contributed by atoms with Crippen LogP contribution in [0.2, 0.25) is 0 Å². The van der Waals surface area contributed by atoms with E-state index in [0.717, 1.165) is 6.54 Å². The summed E-state index contributed by atoms with van der Waals surface area (Å²) in [5.74, 6) is 0.430. The second-order valence-electron chi connectivity index (χ2n) is 5.91. The molecule has 1 aliphatic heterocycles. The molecule has 0 spiro atoms. The molecule has 1 N–H and O–H groups in total. The lowest BCUT2D eigenvalue weighted by molar-refractivity contribution is 0.469. The van der Waals surface area contributed by atoms with E-state index in [1.54, 1.807) is 0 Å². The standard InChI is InChI=1S/C20H19N/c1-14-20(16-8-3-2-4-9-16)18-12-11-15-7-5-6-10-17(15)19(18)13-21-14/h2-12,14,20-21H,13H2,1H3. The molecule has 1 aliphatic rings. The van der Waals surface area contributed by atoms with Crippen LogP contribution >= 0.6 is 0 Å². The summed E-state index contributed by atoms with van der Waals surface area (Å²) in [7, 11) is 0. The molecule has 1 heterocycles. The van der Waals surface area contributed by atoms with Crippen LogP contribution in [0.15, 0.2) is 66.7 Å². The molecule has 0 amide bonds. The molecule has 0 aromatic heterocycles. The van der Waals surface area contributed by atoms with Crippen LogP contribution in [-0.2, 0) is 6.54 Å². The Balaban J connectivity index is 1.94. The quantitative estimate of drug-likeness (QED) is 0.690. The van der Waals surface area contributed by atoms with Gasteiger partial charge in [0.1, 0.15) is 0 Å². The van der Waals surface area contributed by atoms with Gasteiger partial charge in [-0.3, -0.25) is 0 Å². The van der Waals surface area contributed by atoms with Gasteiger partial charge in [0.25, 0.3) is 0 Å². The van der Waals surface area contributed by atoms with E-state index in [2.05, 4.69) is 79.0 Å². The zero-order chi connectivity index (χ0) is 14.2. The molecule has 2 unspecified atom stereocenters. The molecule has 3 aromatic rings. The lowest BCUT2D eigenvalue weighted by Gasteiger charge is -2.33. The fourth-order valence-electron chi connectivity index (χ4n) is 3.62. The number of hydrogen-bond acceptors (Lipinski definition) is 1. The molecule has 0 saturated heterocycles. The second kappa shape index (κ2) is 5.01. The topological polar surface area (TPSA) is 12.0 Å². The summed E-state index contributed by atoms with van der Waals surface area (Å²) in [6.07, 6.45) is 0. The molecule has 0 bridgehead atoms. The number of nitrogens with one attached hydrogen (secondary N) is 1. The maximum atomic E-state index is 3.68. The molecule has 2 atom stereocenters. The van der Waals surface area contributed by atoms with Gasteiger partial charge in [-0.2, -0.15) is 0 Å². The number of benzene rings is 3. The van der Waals surface area contributed by atoms with Crippen molar-refractivity contribution in [3.05, 3.63) is 83.4 Å². The first-order valence-corrected chi connectivity index (χ1v) is 7.63. The van der Waals surface area contributed by atoms with Crippen molar-refractivity contribution in [1.29, 1.82) is 0 Å². The lowest BCUT2D eigenvalue weighted by atomic mass is 9.79. The van der Waals surface area contributed by atoms with E-state index in [0.29, 0.717) is 12.0 Å². The summed E-state index contributed by atoms with van der Waals surface area (Å²) < 4.78 is 0. The van der Waals surface area contributed by atoms with E-state index in [1.807, 2.05) is 0 Å². The minimum atomic E-state index is 0.430. The van der Waals surface area contributed by atoms with Crippen LogP contribution in [0.5, 0.6) is 0 Å². The molecule has 0 fully saturated rings. The summed E-state index contributed by atoms with van der Waals surface area (Å²) in [6.45, 7) is 3.25. The highest BCUT2D eigenvalue weighted by atomic mass is 14.9. The molecule has 0 radical (unpaired) electrons. The van der Waals surface area contributed by atoms with E-state index < -0.39 is 0 Å². The molecule has 0 saturated carbocycles. The van der Waals surface area contributed by atoms with Crippen LogP contribution in [0.1, 0.15) is 29.5 Å². The molecule has 104 valence electrons. The summed E-state index contributed by atoms with van der Waals surface area (Å²) in [4.78, 5) is 0. The van der Waals surface area contributed by atoms with Crippen LogP contribution in [0, 0.1) is 0 Å². The molecular formula is C20H19N. The van der Waals surface area contributed by atoms with E-state index in [1.165, 1.54) is 27.5 Å². The van der Waals surface area contributed by atoms with E-state index in [4.69, 9.17) is 0 Å². The van der Waals surface area contributed by atoms with Crippen molar-refractivity contribution < 1.29 is 0 Å². The van der Waals surface area contributed by atoms with Crippen LogP contribution in [0.3, 0.4) is 0 Å². The Bertz CT molecular complexity index is 776. The van der Waals surface area contributed by atoms with Gasteiger partial charge in [-0.25, -0.2) is 0 Å². The highest BCUT2D eigenvalue weighted by Gasteiger charge is 2.28. The predicted octanol–water partition coefficient (Wildman–Crippen LogP) is 4.46.